The average molecular weight is 260 g/mol. The van der Waals surface area contributed by atoms with Crippen molar-refractivity contribution in [2.75, 3.05) is 6.54 Å². The molecule has 1 saturated heterocycles. The van der Waals surface area contributed by atoms with Crippen LogP contribution in [0.4, 0.5) is 0 Å². The molecule has 1 saturated carbocycles. The largest absolute Gasteiger partial charge is 0.326 e. The Kier molecular flexibility index (Phi) is 5.41. The van der Waals surface area contributed by atoms with Crippen LogP contribution in [0.5, 0.6) is 0 Å². The monoisotopic (exact) mass is 260 g/mol. The molecule has 1 spiro atoms. The van der Waals surface area contributed by atoms with E-state index in [1.807, 2.05) is 6.07 Å². The second-order valence-corrected chi connectivity index (χ2v) is 5.88. The first-order valence-electron chi connectivity index (χ1n) is 7.81. The molecular formula is C17H28N2. The average Bonchev–Trinajstić information content (AvgIpc) is 2.82. The highest BCUT2D eigenvalue weighted by Crippen LogP contribution is 2.34. The molecule has 3 rings (SSSR count). The highest BCUT2D eigenvalue weighted by Gasteiger charge is 2.40. The standard InChI is InChI=1S/C9H18N2.C8H10/c10-8-4-7-11-9(8)5-2-1-3-6-9;1-2-8-6-4-3-5-7-8/h8,11H,1-7,10H2;3-7H,2H2,1H3. The number of benzene rings is 1. The molecule has 0 amide bonds. The maximum absolute atomic E-state index is 6.08. The first-order valence-corrected chi connectivity index (χ1v) is 7.81. The highest BCUT2D eigenvalue weighted by molar-refractivity contribution is 5.13. The molecule has 1 heterocycles. The van der Waals surface area contributed by atoms with E-state index in [1.165, 1.54) is 44.1 Å². The summed E-state index contributed by atoms with van der Waals surface area (Å²) in [5.41, 5.74) is 7.85. The van der Waals surface area contributed by atoms with Crippen LogP contribution in [0.3, 0.4) is 0 Å². The predicted molar refractivity (Wildman–Crippen MR) is 82.2 cm³/mol. The normalized spacial score (nSPS) is 24.8. The van der Waals surface area contributed by atoms with Gasteiger partial charge in [0.05, 0.1) is 0 Å². The molecule has 0 radical (unpaired) electrons. The van der Waals surface area contributed by atoms with Gasteiger partial charge in [0.15, 0.2) is 0 Å². The summed E-state index contributed by atoms with van der Waals surface area (Å²) in [4.78, 5) is 0. The third-order valence-electron chi connectivity index (χ3n) is 4.64. The molecule has 1 aliphatic heterocycles. The van der Waals surface area contributed by atoms with Gasteiger partial charge in [-0.15, -0.1) is 0 Å². The number of hydrogen-bond donors (Lipinski definition) is 2. The van der Waals surface area contributed by atoms with Crippen molar-refractivity contribution in [2.45, 2.75) is 63.5 Å². The number of nitrogens with one attached hydrogen (secondary N) is 1. The molecule has 19 heavy (non-hydrogen) atoms. The number of aryl methyl sites for hydroxylation is 1. The van der Waals surface area contributed by atoms with Gasteiger partial charge in [-0.3, -0.25) is 0 Å². The molecule has 0 aromatic heterocycles. The molecule has 2 heteroatoms. The fourth-order valence-corrected chi connectivity index (χ4v) is 3.33. The van der Waals surface area contributed by atoms with Crippen LogP contribution in [-0.4, -0.2) is 18.1 Å². The Morgan fingerprint density at radius 1 is 1.16 bits per heavy atom. The van der Waals surface area contributed by atoms with Crippen molar-refractivity contribution >= 4 is 0 Å². The summed E-state index contributed by atoms with van der Waals surface area (Å²) in [5, 5.41) is 3.60. The minimum Gasteiger partial charge on any atom is -0.326 e. The van der Waals surface area contributed by atoms with Crippen molar-refractivity contribution in [3.8, 4) is 0 Å². The fraction of sp³-hybridized carbons (Fsp3) is 0.647. The summed E-state index contributed by atoms with van der Waals surface area (Å²) in [7, 11) is 0. The molecule has 1 aliphatic carbocycles. The third kappa shape index (κ3) is 3.80. The van der Waals surface area contributed by atoms with Crippen LogP contribution in [-0.2, 0) is 6.42 Å². The topological polar surface area (TPSA) is 38.0 Å². The Morgan fingerprint density at radius 3 is 2.32 bits per heavy atom. The van der Waals surface area contributed by atoms with Crippen molar-refractivity contribution in [1.82, 2.24) is 5.32 Å². The van der Waals surface area contributed by atoms with Crippen molar-refractivity contribution in [2.24, 2.45) is 5.73 Å². The third-order valence-corrected chi connectivity index (χ3v) is 4.64. The van der Waals surface area contributed by atoms with Crippen LogP contribution in [0, 0.1) is 0 Å². The smallest absolute Gasteiger partial charge is 0.0333 e. The molecule has 2 aliphatic rings. The Bertz CT molecular complexity index is 355. The maximum Gasteiger partial charge on any atom is 0.0333 e. The van der Waals surface area contributed by atoms with Crippen molar-refractivity contribution in [3.63, 3.8) is 0 Å². The van der Waals surface area contributed by atoms with Gasteiger partial charge in [-0.1, -0.05) is 56.5 Å². The Morgan fingerprint density at radius 2 is 1.84 bits per heavy atom. The summed E-state index contributed by atoms with van der Waals surface area (Å²) >= 11 is 0. The van der Waals surface area contributed by atoms with Crippen LogP contribution in [0.15, 0.2) is 30.3 Å². The first kappa shape index (κ1) is 14.5. The van der Waals surface area contributed by atoms with E-state index < -0.39 is 0 Å². The molecule has 1 atom stereocenters. The van der Waals surface area contributed by atoms with Crippen molar-refractivity contribution in [1.29, 1.82) is 0 Å². The van der Waals surface area contributed by atoms with E-state index >= 15 is 0 Å². The van der Waals surface area contributed by atoms with Crippen molar-refractivity contribution < 1.29 is 0 Å². The summed E-state index contributed by atoms with van der Waals surface area (Å²) in [6, 6.07) is 10.9. The summed E-state index contributed by atoms with van der Waals surface area (Å²) in [5.74, 6) is 0. The second-order valence-electron chi connectivity index (χ2n) is 5.88. The van der Waals surface area contributed by atoms with E-state index in [4.69, 9.17) is 5.73 Å². The minimum absolute atomic E-state index is 0.359. The zero-order valence-electron chi connectivity index (χ0n) is 12.2. The molecule has 1 aromatic carbocycles. The van der Waals surface area contributed by atoms with Crippen LogP contribution in [0.2, 0.25) is 0 Å². The van der Waals surface area contributed by atoms with Gasteiger partial charge in [0.25, 0.3) is 0 Å². The van der Waals surface area contributed by atoms with Gasteiger partial charge >= 0.3 is 0 Å². The van der Waals surface area contributed by atoms with Gasteiger partial charge in [0, 0.05) is 11.6 Å². The van der Waals surface area contributed by atoms with Gasteiger partial charge < -0.3 is 11.1 Å². The molecule has 0 bridgehead atoms. The fourth-order valence-electron chi connectivity index (χ4n) is 3.33. The molecular weight excluding hydrogens is 232 g/mol. The van der Waals surface area contributed by atoms with Gasteiger partial charge in [-0.05, 0) is 37.8 Å². The number of rotatable bonds is 1. The molecule has 106 valence electrons. The number of nitrogens with two attached hydrogens (primary N) is 1. The van der Waals surface area contributed by atoms with E-state index in [-0.39, 0.29) is 0 Å². The summed E-state index contributed by atoms with van der Waals surface area (Å²) in [6.07, 6.45) is 9.11. The highest BCUT2D eigenvalue weighted by atomic mass is 15.1. The van der Waals surface area contributed by atoms with Gasteiger partial charge in [-0.2, -0.15) is 0 Å². The van der Waals surface area contributed by atoms with Crippen molar-refractivity contribution in [3.05, 3.63) is 35.9 Å². The Balaban J connectivity index is 0.000000148. The summed E-state index contributed by atoms with van der Waals surface area (Å²) < 4.78 is 0. The van der Waals surface area contributed by atoms with E-state index in [0.717, 1.165) is 13.0 Å². The predicted octanol–water partition coefficient (Wildman–Crippen LogP) is 3.26. The van der Waals surface area contributed by atoms with Gasteiger partial charge in [0.2, 0.25) is 0 Å². The quantitative estimate of drug-likeness (QED) is 0.813. The SMILES string of the molecule is CCc1ccccc1.NC1CCNC12CCCCC2. The lowest BCUT2D eigenvalue weighted by Gasteiger charge is -2.37. The Hall–Kier alpha value is -0.860. The van der Waals surface area contributed by atoms with Crippen LogP contribution < -0.4 is 11.1 Å². The van der Waals surface area contributed by atoms with E-state index in [9.17, 15) is 0 Å². The maximum atomic E-state index is 6.08. The first-order chi connectivity index (χ1) is 9.27. The van der Waals surface area contributed by atoms with E-state index in [2.05, 4.69) is 36.5 Å². The zero-order chi connectivity index (χ0) is 13.6. The second kappa shape index (κ2) is 7.06. The lowest BCUT2D eigenvalue weighted by Crippen LogP contribution is -2.52. The van der Waals surface area contributed by atoms with Gasteiger partial charge in [-0.25, -0.2) is 0 Å². The molecule has 2 fully saturated rings. The van der Waals surface area contributed by atoms with E-state index in [1.54, 1.807) is 0 Å². The lowest BCUT2D eigenvalue weighted by atomic mass is 9.78. The van der Waals surface area contributed by atoms with Crippen LogP contribution >= 0.6 is 0 Å². The zero-order valence-corrected chi connectivity index (χ0v) is 12.2. The molecule has 2 nitrogen and oxygen atoms in total. The minimum atomic E-state index is 0.359. The molecule has 1 unspecified atom stereocenters. The van der Waals surface area contributed by atoms with Crippen LogP contribution in [0.25, 0.3) is 0 Å². The Labute approximate surface area is 117 Å². The van der Waals surface area contributed by atoms with Gasteiger partial charge in [0.1, 0.15) is 0 Å². The molecule has 3 N–H and O–H groups in total. The number of hydrogen-bond acceptors (Lipinski definition) is 2. The lowest BCUT2D eigenvalue weighted by molar-refractivity contribution is 0.239. The molecule has 1 aromatic rings. The van der Waals surface area contributed by atoms with Crippen LogP contribution in [0.1, 0.15) is 51.0 Å². The summed E-state index contributed by atoms with van der Waals surface area (Å²) in [6.45, 7) is 3.30. The van der Waals surface area contributed by atoms with E-state index in [0.29, 0.717) is 11.6 Å².